The molecule has 0 aliphatic rings. The van der Waals surface area contributed by atoms with Crippen molar-refractivity contribution in [1.82, 2.24) is 4.98 Å². The fourth-order valence-corrected chi connectivity index (χ4v) is 2.73. The predicted molar refractivity (Wildman–Crippen MR) is 92.4 cm³/mol. The van der Waals surface area contributed by atoms with Crippen LogP contribution in [0.1, 0.15) is 12.8 Å². The quantitative estimate of drug-likeness (QED) is 0.631. The normalized spacial score (nSPS) is 10.9. The first-order chi connectivity index (χ1) is 12.5. The minimum atomic E-state index is -1.03. The maximum Gasteiger partial charge on any atom is 0.303 e. The molecule has 3 rings (SSSR count). The van der Waals surface area contributed by atoms with Crippen LogP contribution in [0.5, 0.6) is 0 Å². The van der Waals surface area contributed by atoms with Gasteiger partial charge in [-0.3, -0.25) is 4.79 Å². The lowest BCUT2D eigenvalue weighted by Crippen LogP contribution is -2.07. The van der Waals surface area contributed by atoms with Gasteiger partial charge in [0.2, 0.25) is 0 Å². The summed E-state index contributed by atoms with van der Waals surface area (Å²) in [5.74, 6) is -3.02. The van der Waals surface area contributed by atoms with E-state index < -0.39 is 23.4 Å². The number of anilines is 1. The molecule has 0 saturated carbocycles. The molecule has 0 atom stereocenters. The first-order valence-electron chi connectivity index (χ1n) is 7.95. The smallest absolute Gasteiger partial charge is 0.303 e. The summed E-state index contributed by atoms with van der Waals surface area (Å²) in [5, 5.41) is 12.4. The summed E-state index contributed by atoms with van der Waals surface area (Å²) in [6.07, 6.45) is 1.78. The first-order valence-corrected chi connectivity index (χ1v) is 7.95. The number of nitrogens with zero attached hydrogens (tertiary/aromatic N) is 1. The van der Waals surface area contributed by atoms with Gasteiger partial charge in [-0.2, -0.15) is 0 Å². The molecule has 1 aromatic heterocycles. The number of rotatable bonds is 6. The van der Waals surface area contributed by atoms with E-state index >= 15 is 0 Å². The number of nitrogens with one attached hydrogen (secondary N) is 1. The van der Waals surface area contributed by atoms with E-state index in [2.05, 4.69) is 10.3 Å². The van der Waals surface area contributed by atoms with Crippen LogP contribution >= 0.6 is 0 Å². The fourth-order valence-electron chi connectivity index (χ4n) is 2.73. The lowest BCUT2D eigenvalue weighted by Gasteiger charge is -2.13. The van der Waals surface area contributed by atoms with Gasteiger partial charge in [-0.05, 0) is 30.2 Å². The zero-order valence-corrected chi connectivity index (χ0v) is 13.6. The lowest BCUT2D eigenvalue weighted by molar-refractivity contribution is -0.137. The minimum absolute atomic E-state index is 0.00618. The van der Waals surface area contributed by atoms with Gasteiger partial charge >= 0.3 is 5.97 Å². The molecule has 0 fully saturated rings. The Morgan fingerprint density at radius 2 is 1.88 bits per heavy atom. The number of hydrogen-bond acceptors (Lipinski definition) is 3. The van der Waals surface area contributed by atoms with Gasteiger partial charge in [0.15, 0.2) is 11.6 Å². The van der Waals surface area contributed by atoms with Gasteiger partial charge < -0.3 is 10.4 Å². The molecule has 2 aromatic carbocycles. The van der Waals surface area contributed by atoms with E-state index in [4.69, 9.17) is 5.11 Å². The van der Waals surface area contributed by atoms with Gasteiger partial charge in [0.25, 0.3) is 0 Å². The number of carbonyl (C=O) groups is 1. The van der Waals surface area contributed by atoms with Gasteiger partial charge in [-0.25, -0.2) is 18.2 Å². The van der Waals surface area contributed by atoms with Gasteiger partial charge in [-0.15, -0.1) is 0 Å². The Balaban J connectivity index is 2.02. The van der Waals surface area contributed by atoms with Crippen molar-refractivity contribution in [3.8, 4) is 11.1 Å². The molecule has 0 radical (unpaired) electrons. The number of aromatic nitrogens is 1. The molecule has 0 amide bonds. The molecule has 2 N–H and O–H groups in total. The van der Waals surface area contributed by atoms with Crippen molar-refractivity contribution in [3.63, 3.8) is 0 Å². The summed E-state index contributed by atoms with van der Waals surface area (Å²) >= 11 is 0. The summed E-state index contributed by atoms with van der Waals surface area (Å²) < 4.78 is 41.2. The van der Waals surface area contributed by atoms with Crippen LogP contribution in [0.25, 0.3) is 21.9 Å². The first kappa shape index (κ1) is 17.7. The molecular weight excluding hydrogens is 345 g/mol. The Hall–Kier alpha value is -3.09. The molecule has 0 spiro atoms. The Labute approximate surface area is 147 Å². The van der Waals surface area contributed by atoms with Crippen molar-refractivity contribution in [2.75, 3.05) is 11.9 Å². The molecule has 134 valence electrons. The number of hydrogen-bond donors (Lipinski definition) is 2. The zero-order chi connectivity index (χ0) is 18.7. The van der Waals surface area contributed by atoms with Gasteiger partial charge in [-0.1, -0.05) is 18.2 Å². The highest BCUT2D eigenvalue weighted by molar-refractivity contribution is 6.02. The third-order valence-electron chi connectivity index (χ3n) is 3.95. The number of aliphatic carboxylic acids is 1. The Morgan fingerprint density at radius 3 is 2.62 bits per heavy atom. The number of fused-ring (bicyclic) bond motifs is 1. The van der Waals surface area contributed by atoms with Crippen LogP contribution in [0.4, 0.5) is 19.0 Å². The second-order valence-electron chi connectivity index (χ2n) is 5.74. The zero-order valence-electron chi connectivity index (χ0n) is 13.6. The summed E-state index contributed by atoms with van der Waals surface area (Å²) in [6.45, 7) is 0.357. The van der Waals surface area contributed by atoms with E-state index in [1.807, 2.05) is 0 Å². The van der Waals surface area contributed by atoms with Crippen LogP contribution in [0.15, 0.2) is 42.6 Å². The summed E-state index contributed by atoms with van der Waals surface area (Å²) in [7, 11) is 0. The highest BCUT2D eigenvalue weighted by Gasteiger charge is 2.14. The molecule has 0 aliphatic heterocycles. The third kappa shape index (κ3) is 3.61. The average molecular weight is 360 g/mol. The second-order valence-corrected chi connectivity index (χ2v) is 5.74. The van der Waals surface area contributed by atoms with Crippen molar-refractivity contribution in [1.29, 1.82) is 0 Å². The monoisotopic (exact) mass is 360 g/mol. The van der Waals surface area contributed by atoms with Crippen molar-refractivity contribution < 1.29 is 23.1 Å². The standard InChI is InChI=1S/C19H15F3N2O2/c20-14-7-6-11(9-16(14)22)13-10-24-19(23-8-2-5-17(25)26)12-3-1-4-15(21)18(12)13/h1,3-4,6-7,9-10H,2,5,8H2,(H,23,24)(H,25,26). The highest BCUT2D eigenvalue weighted by atomic mass is 19.2. The fraction of sp³-hybridized carbons (Fsp3) is 0.158. The Morgan fingerprint density at radius 1 is 1.08 bits per heavy atom. The molecular formula is C19H15F3N2O2. The van der Waals surface area contributed by atoms with Crippen LogP contribution in [-0.2, 0) is 4.79 Å². The van der Waals surface area contributed by atoms with Crippen molar-refractivity contribution in [2.24, 2.45) is 0 Å². The van der Waals surface area contributed by atoms with Crippen molar-refractivity contribution in [2.45, 2.75) is 12.8 Å². The highest BCUT2D eigenvalue weighted by Crippen LogP contribution is 2.34. The van der Waals surface area contributed by atoms with Gasteiger partial charge in [0.05, 0.1) is 0 Å². The second kappa shape index (κ2) is 7.43. The van der Waals surface area contributed by atoms with E-state index in [1.165, 1.54) is 24.4 Å². The lowest BCUT2D eigenvalue weighted by atomic mass is 9.99. The average Bonchev–Trinajstić information content (AvgIpc) is 2.61. The molecule has 7 heteroatoms. The van der Waals surface area contributed by atoms with E-state index in [0.29, 0.717) is 35.3 Å². The van der Waals surface area contributed by atoms with E-state index in [9.17, 15) is 18.0 Å². The topological polar surface area (TPSA) is 62.2 Å². The molecule has 1 heterocycles. The van der Waals surface area contributed by atoms with E-state index in [1.54, 1.807) is 6.07 Å². The van der Waals surface area contributed by atoms with Crippen LogP contribution in [0.3, 0.4) is 0 Å². The number of benzene rings is 2. The number of pyridine rings is 1. The molecule has 0 saturated heterocycles. The van der Waals surface area contributed by atoms with Crippen LogP contribution < -0.4 is 5.32 Å². The molecule has 26 heavy (non-hydrogen) atoms. The summed E-state index contributed by atoms with van der Waals surface area (Å²) in [6, 6.07) is 7.81. The maximum absolute atomic E-state index is 14.5. The van der Waals surface area contributed by atoms with Gasteiger partial charge in [0, 0.05) is 35.5 Å². The van der Waals surface area contributed by atoms with Crippen molar-refractivity contribution in [3.05, 3.63) is 60.0 Å². The van der Waals surface area contributed by atoms with Crippen molar-refractivity contribution >= 4 is 22.6 Å². The SMILES string of the molecule is O=C(O)CCCNc1ncc(-c2ccc(F)c(F)c2)c2c(F)cccc12. The maximum atomic E-state index is 14.5. The largest absolute Gasteiger partial charge is 0.481 e. The summed E-state index contributed by atoms with van der Waals surface area (Å²) in [4.78, 5) is 14.8. The third-order valence-corrected chi connectivity index (χ3v) is 3.95. The van der Waals surface area contributed by atoms with Gasteiger partial charge in [0.1, 0.15) is 11.6 Å². The number of carboxylic acid groups (broad SMARTS) is 1. The number of halogens is 3. The van der Waals surface area contributed by atoms with Crippen LogP contribution in [0, 0.1) is 17.5 Å². The number of carboxylic acids is 1. The summed E-state index contributed by atoms with van der Waals surface area (Å²) in [5.41, 5.74) is 0.650. The molecule has 0 unspecified atom stereocenters. The van der Waals surface area contributed by atoms with Crippen LogP contribution in [0.2, 0.25) is 0 Å². The minimum Gasteiger partial charge on any atom is -0.481 e. The van der Waals surface area contributed by atoms with Crippen LogP contribution in [-0.4, -0.2) is 22.6 Å². The Kier molecular flexibility index (Phi) is 5.06. The molecule has 0 aliphatic carbocycles. The van der Waals surface area contributed by atoms with E-state index in [0.717, 1.165) is 12.1 Å². The molecule has 4 nitrogen and oxygen atoms in total. The predicted octanol–water partition coefficient (Wildman–Crippen LogP) is 4.60. The van der Waals surface area contributed by atoms with E-state index in [-0.39, 0.29) is 11.8 Å². The molecule has 3 aromatic rings. The molecule has 0 bridgehead atoms. The Bertz CT molecular complexity index is 976.